The fraction of sp³-hybridized carbons (Fsp3) is 0.111. The van der Waals surface area contributed by atoms with Crippen LogP contribution >= 0.6 is 22.9 Å². The minimum Gasteiger partial charge on any atom is -0.376 e. The molecule has 25 heavy (non-hydrogen) atoms. The second-order valence-corrected chi connectivity index (χ2v) is 6.90. The lowest BCUT2D eigenvalue weighted by molar-refractivity contribution is -0.114. The Morgan fingerprint density at radius 3 is 2.56 bits per heavy atom. The highest BCUT2D eigenvalue weighted by Crippen LogP contribution is 2.22. The summed E-state index contributed by atoms with van der Waals surface area (Å²) in [5.41, 5.74) is 1.81. The van der Waals surface area contributed by atoms with Gasteiger partial charge in [-0.2, -0.15) is 0 Å². The zero-order valence-electron chi connectivity index (χ0n) is 13.1. The first-order valence-electron chi connectivity index (χ1n) is 7.57. The Morgan fingerprint density at radius 1 is 1.12 bits per heavy atom. The highest BCUT2D eigenvalue weighted by atomic mass is 35.5. The van der Waals surface area contributed by atoms with Crippen LogP contribution in [0.3, 0.4) is 0 Å². The number of amides is 1. The number of rotatable bonds is 6. The molecule has 0 atom stereocenters. The number of nitrogens with zero attached hydrogens (tertiary/aromatic N) is 1. The van der Waals surface area contributed by atoms with E-state index in [0.29, 0.717) is 15.8 Å². The number of carbonyl (C=O) groups is 1. The van der Waals surface area contributed by atoms with Crippen LogP contribution in [-0.4, -0.2) is 17.4 Å². The summed E-state index contributed by atoms with van der Waals surface area (Å²) in [6, 6.07) is 13.5. The first-order chi connectivity index (χ1) is 12.1. The molecule has 0 saturated heterocycles. The van der Waals surface area contributed by atoms with Crippen molar-refractivity contribution in [3.63, 3.8) is 0 Å². The van der Waals surface area contributed by atoms with E-state index in [9.17, 15) is 9.18 Å². The van der Waals surface area contributed by atoms with Gasteiger partial charge in [0.2, 0.25) is 5.91 Å². The van der Waals surface area contributed by atoms with Crippen molar-refractivity contribution >= 4 is 39.7 Å². The van der Waals surface area contributed by atoms with Crippen LogP contribution in [0.4, 0.5) is 15.2 Å². The molecule has 1 heterocycles. The Hall–Kier alpha value is -2.44. The quantitative estimate of drug-likeness (QED) is 0.663. The summed E-state index contributed by atoms with van der Waals surface area (Å²) in [7, 11) is 0. The molecule has 0 aliphatic heterocycles. The van der Waals surface area contributed by atoms with Gasteiger partial charge in [0, 0.05) is 28.2 Å². The van der Waals surface area contributed by atoms with Crippen LogP contribution in [0.1, 0.15) is 10.4 Å². The average molecular weight is 376 g/mol. The Balaban J connectivity index is 1.51. The van der Waals surface area contributed by atoms with E-state index in [-0.39, 0.29) is 18.3 Å². The van der Waals surface area contributed by atoms with Gasteiger partial charge in [0.05, 0.1) is 6.54 Å². The highest BCUT2D eigenvalue weighted by molar-refractivity contribution is 7.15. The molecule has 128 valence electrons. The van der Waals surface area contributed by atoms with Crippen LogP contribution in [0.25, 0.3) is 0 Å². The summed E-state index contributed by atoms with van der Waals surface area (Å²) < 4.78 is 12.8. The molecular formula is C18H15ClFN3OS. The summed E-state index contributed by atoms with van der Waals surface area (Å²) in [6.07, 6.45) is 2.49. The Morgan fingerprint density at radius 2 is 1.84 bits per heavy atom. The molecule has 7 heteroatoms. The van der Waals surface area contributed by atoms with Crippen molar-refractivity contribution in [1.82, 2.24) is 4.98 Å². The van der Waals surface area contributed by atoms with Gasteiger partial charge in [0.25, 0.3) is 0 Å². The van der Waals surface area contributed by atoms with E-state index in [1.165, 1.54) is 23.5 Å². The van der Waals surface area contributed by atoms with Gasteiger partial charge >= 0.3 is 0 Å². The minimum absolute atomic E-state index is 0.0811. The van der Waals surface area contributed by atoms with Crippen LogP contribution in [0.15, 0.2) is 54.7 Å². The summed E-state index contributed by atoms with van der Waals surface area (Å²) in [4.78, 5) is 17.2. The molecule has 2 N–H and O–H groups in total. The van der Waals surface area contributed by atoms with Crippen molar-refractivity contribution in [1.29, 1.82) is 0 Å². The lowest BCUT2D eigenvalue weighted by Gasteiger charge is -2.05. The molecule has 0 radical (unpaired) electrons. The van der Waals surface area contributed by atoms with Gasteiger partial charge < -0.3 is 10.6 Å². The Bertz CT molecular complexity index is 850. The molecule has 1 aromatic heterocycles. The van der Waals surface area contributed by atoms with E-state index in [2.05, 4.69) is 15.6 Å². The molecule has 0 saturated carbocycles. The SMILES string of the molecule is O=C(CNc1ccc(F)cc1)Nc1ncc(Cc2ccc(Cl)cc2)s1. The molecule has 3 aromatic rings. The third kappa shape index (κ3) is 5.27. The minimum atomic E-state index is -0.314. The summed E-state index contributed by atoms with van der Waals surface area (Å²) in [5.74, 6) is -0.525. The van der Waals surface area contributed by atoms with Crippen LogP contribution in [-0.2, 0) is 11.2 Å². The van der Waals surface area contributed by atoms with E-state index in [1.807, 2.05) is 24.3 Å². The number of carbonyl (C=O) groups excluding carboxylic acids is 1. The van der Waals surface area contributed by atoms with Crippen molar-refractivity contribution < 1.29 is 9.18 Å². The van der Waals surface area contributed by atoms with Gasteiger partial charge in [-0.05, 0) is 42.0 Å². The number of nitrogens with one attached hydrogen (secondary N) is 2. The third-order valence-corrected chi connectivity index (χ3v) is 4.55. The second-order valence-electron chi connectivity index (χ2n) is 5.34. The average Bonchev–Trinajstić information content (AvgIpc) is 3.03. The van der Waals surface area contributed by atoms with Gasteiger partial charge in [0.1, 0.15) is 5.82 Å². The number of benzene rings is 2. The molecule has 0 aliphatic rings. The molecule has 1 amide bonds. The van der Waals surface area contributed by atoms with Gasteiger partial charge in [-0.25, -0.2) is 9.37 Å². The molecular weight excluding hydrogens is 361 g/mol. The number of aromatic nitrogens is 1. The fourth-order valence-corrected chi connectivity index (χ4v) is 3.15. The molecule has 0 bridgehead atoms. The fourth-order valence-electron chi connectivity index (χ4n) is 2.16. The smallest absolute Gasteiger partial charge is 0.245 e. The Labute approximate surface area is 153 Å². The van der Waals surface area contributed by atoms with E-state index < -0.39 is 0 Å². The summed E-state index contributed by atoms with van der Waals surface area (Å²) >= 11 is 7.31. The third-order valence-electron chi connectivity index (χ3n) is 3.39. The largest absolute Gasteiger partial charge is 0.376 e. The Kier molecular flexibility index (Phi) is 5.63. The van der Waals surface area contributed by atoms with Crippen LogP contribution < -0.4 is 10.6 Å². The van der Waals surface area contributed by atoms with E-state index in [1.54, 1.807) is 18.3 Å². The first-order valence-corrected chi connectivity index (χ1v) is 8.76. The lowest BCUT2D eigenvalue weighted by Crippen LogP contribution is -2.21. The van der Waals surface area contributed by atoms with Crippen molar-refractivity contribution in [2.45, 2.75) is 6.42 Å². The number of hydrogen-bond acceptors (Lipinski definition) is 4. The standard InChI is InChI=1S/C18H15ClFN3OS/c19-13-3-1-12(2-4-13)9-16-10-22-18(25-16)23-17(24)11-21-15-7-5-14(20)6-8-15/h1-8,10,21H,9,11H2,(H,22,23,24). The van der Waals surface area contributed by atoms with Gasteiger partial charge in [-0.3, -0.25) is 4.79 Å². The molecule has 2 aromatic carbocycles. The van der Waals surface area contributed by atoms with Gasteiger partial charge in [-0.1, -0.05) is 23.7 Å². The number of halogens is 2. The maximum absolute atomic E-state index is 12.8. The molecule has 0 fully saturated rings. The van der Waals surface area contributed by atoms with Crippen LogP contribution in [0, 0.1) is 5.82 Å². The van der Waals surface area contributed by atoms with Gasteiger partial charge in [-0.15, -0.1) is 11.3 Å². The summed E-state index contributed by atoms with van der Waals surface area (Å²) in [5, 5.41) is 6.93. The molecule has 4 nitrogen and oxygen atoms in total. The second kappa shape index (κ2) is 8.09. The van der Waals surface area contributed by atoms with Crippen molar-refractivity contribution in [2.75, 3.05) is 17.2 Å². The summed E-state index contributed by atoms with van der Waals surface area (Å²) in [6.45, 7) is 0.0811. The highest BCUT2D eigenvalue weighted by Gasteiger charge is 2.07. The van der Waals surface area contributed by atoms with Gasteiger partial charge in [0.15, 0.2) is 5.13 Å². The predicted molar refractivity (Wildman–Crippen MR) is 99.9 cm³/mol. The van der Waals surface area contributed by atoms with Crippen LogP contribution in [0.5, 0.6) is 0 Å². The molecule has 0 spiro atoms. The number of thiazole rings is 1. The zero-order valence-corrected chi connectivity index (χ0v) is 14.7. The maximum atomic E-state index is 12.8. The zero-order chi connectivity index (χ0) is 17.6. The normalized spacial score (nSPS) is 10.5. The monoisotopic (exact) mass is 375 g/mol. The molecule has 0 aliphatic carbocycles. The number of hydrogen-bond donors (Lipinski definition) is 2. The molecule has 3 rings (SSSR count). The van der Waals surface area contributed by atoms with Crippen molar-refractivity contribution in [2.24, 2.45) is 0 Å². The lowest BCUT2D eigenvalue weighted by atomic mass is 10.1. The van der Waals surface area contributed by atoms with Crippen molar-refractivity contribution in [3.05, 3.63) is 76.0 Å². The topological polar surface area (TPSA) is 54.0 Å². The predicted octanol–water partition coefficient (Wildman–Crippen LogP) is 4.58. The van der Waals surface area contributed by atoms with E-state index in [0.717, 1.165) is 16.9 Å². The van der Waals surface area contributed by atoms with Crippen LogP contribution in [0.2, 0.25) is 5.02 Å². The maximum Gasteiger partial charge on any atom is 0.245 e. The number of anilines is 2. The van der Waals surface area contributed by atoms with E-state index >= 15 is 0 Å². The molecule has 0 unspecified atom stereocenters. The van der Waals surface area contributed by atoms with E-state index in [4.69, 9.17) is 11.6 Å². The first kappa shape index (κ1) is 17.4. The van der Waals surface area contributed by atoms with Crippen molar-refractivity contribution in [3.8, 4) is 0 Å².